The van der Waals surface area contributed by atoms with Crippen molar-refractivity contribution in [2.75, 3.05) is 38.4 Å². The summed E-state index contributed by atoms with van der Waals surface area (Å²) in [5, 5.41) is 2.83. The molecular formula is C15H24N2O4S. The molecule has 1 amide bonds. The van der Waals surface area contributed by atoms with Crippen LogP contribution >= 0.6 is 0 Å². The first-order chi connectivity index (χ1) is 10.4. The second-order valence-electron chi connectivity index (χ2n) is 4.96. The lowest BCUT2D eigenvalue weighted by Gasteiger charge is -2.19. The van der Waals surface area contributed by atoms with Crippen LogP contribution in [0.1, 0.15) is 18.9 Å². The van der Waals surface area contributed by atoms with Gasteiger partial charge in [-0.2, -0.15) is 4.31 Å². The van der Waals surface area contributed by atoms with Crippen LogP contribution in [-0.2, 0) is 26.0 Å². The molecule has 1 aromatic rings. The number of nitrogens with zero attached hydrogens (tertiary/aromatic N) is 1. The molecule has 1 aromatic carbocycles. The van der Waals surface area contributed by atoms with E-state index in [9.17, 15) is 13.2 Å². The molecule has 0 bridgehead atoms. The molecule has 0 saturated carbocycles. The van der Waals surface area contributed by atoms with Crippen LogP contribution in [0.15, 0.2) is 24.3 Å². The summed E-state index contributed by atoms with van der Waals surface area (Å²) in [6.07, 6.45) is 2.06. The van der Waals surface area contributed by atoms with Crippen molar-refractivity contribution in [1.29, 1.82) is 0 Å². The van der Waals surface area contributed by atoms with Gasteiger partial charge in [0.15, 0.2) is 0 Å². The first kappa shape index (κ1) is 18.6. The van der Waals surface area contributed by atoms with E-state index in [1.54, 1.807) is 0 Å². The van der Waals surface area contributed by atoms with E-state index < -0.39 is 10.0 Å². The largest absolute Gasteiger partial charge is 0.383 e. The Bertz CT molecular complexity index is 587. The van der Waals surface area contributed by atoms with Crippen LogP contribution < -0.4 is 5.32 Å². The van der Waals surface area contributed by atoms with Gasteiger partial charge in [-0.1, -0.05) is 25.1 Å². The third kappa shape index (κ3) is 6.13. The molecule has 0 heterocycles. The first-order valence-corrected chi connectivity index (χ1v) is 9.05. The molecule has 1 N–H and O–H groups in total. The molecular weight excluding hydrogens is 304 g/mol. The standard InChI is InChI=1S/C15H24N2O4S/c1-4-13-7-5-6-8-14(13)16-15(18)9-10-17(11-12-21-2)22(3,19)20/h5-8H,4,9-12H2,1-3H3,(H,16,18). The lowest BCUT2D eigenvalue weighted by molar-refractivity contribution is -0.116. The smallest absolute Gasteiger partial charge is 0.225 e. The van der Waals surface area contributed by atoms with E-state index in [1.807, 2.05) is 31.2 Å². The summed E-state index contributed by atoms with van der Waals surface area (Å²) in [7, 11) is -1.84. The molecule has 0 radical (unpaired) electrons. The van der Waals surface area contributed by atoms with Crippen LogP contribution in [0.3, 0.4) is 0 Å². The Labute approximate surface area is 132 Å². The number of para-hydroxylation sites is 1. The van der Waals surface area contributed by atoms with Crippen LogP contribution in [0.4, 0.5) is 5.69 Å². The van der Waals surface area contributed by atoms with Crippen molar-refractivity contribution < 1.29 is 17.9 Å². The molecule has 124 valence electrons. The number of aryl methyl sites for hydroxylation is 1. The number of rotatable bonds is 9. The monoisotopic (exact) mass is 328 g/mol. The molecule has 6 nitrogen and oxygen atoms in total. The number of hydrogen-bond donors (Lipinski definition) is 1. The Morgan fingerprint density at radius 3 is 2.55 bits per heavy atom. The zero-order valence-corrected chi connectivity index (χ0v) is 14.1. The van der Waals surface area contributed by atoms with Gasteiger partial charge in [0.2, 0.25) is 15.9 Å². The second kappa shape index (κ2) is 8.87. The summed E-state index contributed by atoms with van der Waals surface area (Å²) >= 11 is 0. The lowest BCUT2D eigenvalue weighted by Crippen LogP contribution is -2.35. The summed E-state index contributed by atoms with van der Waals surface area (Å²) in [4.78, 5) is 12.0. The highest BCUT2D eigenvalue weighted by Gasteiger charge is 2.17. The Morgan fingerprint density at radius 2 is 1.95 bits per heavy atom. The molecule has 0 aliphatic carbocycles. The summed E-state index contributed by atoms with van der Waals surface area (Å²) < 4.78 is 29.4. The van der Waals surface area contributed by atoms with Gasteiger partial charge in [-0.25, -0.2) is 8.42 Å². The van der Waals surface area contributed by atoms with Crippen molar-refractivity contribution in [1.82, 2.24) is 4.31 Å². The zero-order chi connectivity index (χ0) is 16.6. The third-order valence-electron chi connectivity index (χ3n) is 3.27. The lowest BCUT2D eigenvalue weighted by atomic mass is 10.1. The number of hydrogen-bond acceptors (Lipinski definition) is 4. The van der Waals surface area contributed by atoms with E-state index >= 15 is 0 Å². The van der Waals surface area contributed by atoms with Crippen molar-refractivity contribution in [3.05, 3.63) is 29.8 Å². The Hall–Kier alpha value is -1.44. The highest BCUT2D eigenvalue weighted by molar-refractivity contribution is 7.88. The minimum Gasteiger partial charge on any atom is -0.383 e. The number of anilines is 1. The fourth-order valence-electron chi connectivity index (χ4n) is 2.03. The molecule has 0 fully saturated rings. The molecule has 22 heavy (non-hydrogen) atoms. The Morgan fingerprint density at radius 1 is 1.27 bits per heavy atom. The molecule has 1 rings (SSSR count). The summed E-state index contributed by atoms with van der Waals surface area (Å²) in [5.41, 5.74) is 1.83. The van der Waals surface area contributed by atoms with Crippen LogP contribution in [0.5, 0.6) is 0 Å². The maximum atomic E-state index is 12.0. The van der Waals surface area contributed by atoms with Gasteiger partial charge in [0.25, 0.3) is 0 Å². The molecule has 0 saturated heterocycles. The van der Waals surface area contributed by atoms with Crippen molar-refractivity contribution in [2.45, 2.75) is 19.8 Å². The SMILES string of the molecule is CCc1ccccc1NC(=O)CCN(CCOC)S(C)(=O)=O. The van der Waals surface area contributed by atoms with Crippen LogP contribution in [-0.4, -0.2) is 51.7 Å². The van der Waals surface area contributed by atoms with Gasteiger partial charge in [0.1, 0.15) is 0 Å². The highest BCUT2D eigenvalue weighted by atomic mass is 32.2. The number of benzene rings is 1. The van der Waals surface area contributed by atoms with Gasteiger partial charge in [-0.3, -0.25) is 4.79 Å². The molecule has 0 unspecified atom stereocenters. The number of methoxy groups -OCH3 is 1. The van der Waals surface area contributed by atoms with Crippen molar-refractivity contribution in [3.63, 3.8) is 0 Å². The Balaban J connectivity index is 2.60. The maximum absolute atomic E-state index is 12.0. The molecule has 0 atom stereocenters. The fraction of sp³-hybridized carbons (Fsp3) is 0.533. The van der Waals surface area contributed by atoms with Gasteiger partial charge < -0.3 is 10.1 Å². The van der Waals surface area contributed by atoms with Gasteiger partial charge in [-0.15, -0.1) is 0 Å². The predicted octanol–water partition coefficient (Wildman–Crippen LogP) is 1.49. The van der Waals surface area contributed by atoms with Crippen LogP contribution in [0.25, 0.3) is 0 Å². The number of carbonyl (C=O) groups is 1. The van der Waals surface area contributed by atoms with E-state index in [1.165, 1.54) is 11.4 Å². The van der Waals surface area contributed by atoms with E-state index in [2.05, 4.69) is 5.32 Å². The number of ether oxygens (including phenoxy) is 1. The highest BCUT2D eigenvalue weighted by Crippen LogP contribution is 2.15. The van der Waals surface area contributed by atoms with E-state index in [4.69, 9.17) is 4.74 Å². The average Bonchev–Trinajstić information content (AvgIpc) is 2.46. The normalized spacial score (nSPS) is 11.6. The molecule has 0 aliphatic heterocycles. The van der Waals surface area contributed by atoms with Gasteiger partial charge in [0, 0.05) is 32.3 Å². The van der Waals surface area contributed by atoms with E-state index in [-0.39, 0.29) is 25.4 Å². The fourth-order valence-corrected chi connectivity index (χ4v) is 2.86. The van der Waals surface area contributed by atoms with Crippen molar-refractivity contribution in [2.24, 2.45) is 0 Å². The molecule has 0 spiro atoms. The third-order valence-corrected chi connectivity index (χ3v) is 4.58. The predicted molar refractivity (Wildman–Crippen MR) is 87.4 cm³/mol. The number of carbonyl (C=O) groups excluding carboxylic acids is 1. The minimum atomic E-state index is -3.35. The maximum Gasteiger partial charge on any atom is 0.225 e. The number of nitrogens with one attached hydrogen (secondary N) is 1. The minimum absolute atomic E-state index is 0.106. The number of amides is 1. The van der Waals surface area contributed by atoms with Gasteiger partial charge in [-0.05, 0) is 18.1 Å². The summed E-state index contributed by atoms with van der Waals surface area (Å²) in [6, 6.07) is 7.58. The Kier molecular flexibility index (Phi) is 7.50. The second-order valence-corrected chi connectivity index (χ2v) is 6.95. The first-order valence-electron chi connectivity index (χ1n) is 7.20. The summed E-state index contributed by atoms with van der Waals surface area (Å²) in [5.74, 6) is -0.202. The van der Waals surface area contributed by atoms with Crippen molar-refractivity contribution >= 4 is 21.6 Å². The van der Waals surface area contributed by atoms with Crippen LogP contribution in [0.2, 0.25) is 0 Å². The number of sulfonamides is 1. The van der Waals surface area contributed by atoms with E-state index in [0.29, 0.717) is 6.61 Å². The molecule has 0 aromatic heterocycles. The topological polar surface area (TPSA) is 75.7 Å². The van der Waals surface area contributed by atoms with Gasteiger partial charge in [0.05, 0.1) is 12.9 Å². The average molecular weight is 328 g/mol. The zero-order valence-electron chi connectivity index (χ0n) is 13.3. The van der Waals surface area contributed by atoms with Crippen LogP contribution in [0, 0.1) is 0 Å². The quantitative estimate of drug-likeness (QED) is 0.745. The molecule has 7 heteroatoms. The summed E-state index contributed by atoms with van der Waals surface area (Å²) in [6.45, 7) is 2.70. The molecule has 0 aliphatic rings. The van der Waals surface area contributed by atoms with Crippen molar-refractivity contribution in [3.8, 4) is 0 Å². The van der Waals surface area contributed by atoms with E-state index in [0.717, 1.165) is 23.9 Å². The van der Waals surface area contributed by atoms with Gasteiger partial charge >= 0.3 is 0 Å².